The fourth-order valence-electron chi connectivity index (χ4n) is 3.46. The van der Waals surface area contributed by atoms with E-state index in [4.69, 9.17) is 0 Å². The van der Waals surface area contributed by atoms with Gasteiger partial charge in [0.15, 0.2) is 5.75 Å². The summed E-state index contributed by atoms with van der Waals surface area (Å²) in [4.78, 5) is 32.4. The van der Waals surface area contributed by atoms with E-state index in [1.807, 2.05) is 13.8 Å². The predicted molar refractivity (Wildman–Crippen MR) is 110 cm³/mol. The van der Waals surface area contributed by atoms with Crippen molar-refractivity contribution in [2.24, 2.45) is 0 Å². The second-order valence-corrected chi connectivity index (χ2v) is 7.84. The van der Waals surface area contributed by atoms with Crippen molar-refractivity contribution in [2.45, 2.75) is 45.6 Å². The van der Waals surface area contributed by atoms with Gasteiger partial charge < -0.3 is 15.3 Å². The van der Waals surface area contributed by atoms with Crippen LogP contribution in [0.5, 0.6) is 5.75 Å². The fourth-order valence-corrected chi connectivity index (χ4v) is 4.38. The molecule has 2 aromatic heterocycles. The number of carbonyl (C=O) groups excluding carboxylic acids is 1. The van der Waals surface area contributed by atoms with Crippen LogP contribution in [0.3, 0.4) is 0 Å². The molecule has 1 amide bonds. The molecule has 0 aliphatic carbocycles. The van der Waals surface area contributed by atoms with Crippen LogP contribution in [0.1, 0.15) is 55.9 Å². The first kappa shape index (κ1) is 23.0. The van der Waals surface area contributed by atoms with Gasteiger partial charge in [-0.3, -0.25) is 14.2 Å². The monoisotopic (exact) mass is 418 g/mol. The topological polar surface area (TPSA) is 87.5 Å². The zero-order valence-corrected chi connectivity index (χ0v) is 16.1. The number of pyridine rings is 1. The molecule has 1 aliphatic rings. The van der Waals surface area contributed by atoms with Crippen LogP contribution in [0, 0.1) is 0 Å². The zero-order chi connectivity index (χ0) is 18.7. The van der Waals surface area contributed by atoms with E-state index in [2.05, 4.69) is 15.2 Å². The second-order valence-electron chi connectivity index (χ2n) is 7.01. The van der Waals surface area contributed by atoms with Crippen LogP contribution in [0.15, 0.2) is 10.3 Å². The molecule has 0 aromatic carbocycles. The molecule has 0 bridgehead atoms. The number of aromatic hydroxyl groups is 1. The van der Waals surface area contributed by atoms with Crippen molar-refractivity contribution in [3.8, 4) is 5.75 Å². The van der Waals surface area contributed by atoms with Gasteiger partial charge in [0.25, 0.3) is 11.5 Å². The molecule has 0 spiro atoms. The first-order chi connectivity index (χ1) is 12.5. The molecule has 144 valence electrons. The Labute approximate surface area is 205 Å². The maximum atomic E-state index is 12.8. The minimum atomic E-state index is -0.532. The fraction of sp³-hybridized carbons (Fsp3) is 0.611. The maximum absolute atomic E-state index is 12.8. The van der Waals surface area contributed by atoms with Gasteiger partial charge in [-0.15, -0.1) is 11.3 Å². The van der Waals surface area contributed by atoms with Crippen molar-refractivity contribution in [1.82, 2.24) is 19.8 Å². The summed E-state index contributed by atoms with van der Waals surface area (Å²) in [7, 11) is 0. The Balaban J connectivity index is 0.00000261. The van der Waals surface area contributed by atoms with Crippen LogP contribution in [0.4, 0.5) is 0 Å². The Bertz CT molecular complexity index is 843. The third kappa shape index (κ3) is 5.20. The normalized spacial score (nSPS) is 15.1. The molecular weight excluding hydrogens is 391 g/mol. The van der Waals surface area contributed by atoms with Crippen molar-refractivity contribution in [1.29, 1.82) is 0 Å². The Kier molecular flexibility index (Phi) is 8.92. The molecule has 2 aromatic rings. The number of likely N-dealkylation sites (tertiary alicyclic amines) is 1. The summed E-state index contributed by atoms with van der Waals surface area (Å²) in [6.45, 7) is 7.40. The Morgan fingerprint density at radius 1 is 1.33 bits per heavy atom. The number of carbonyl (C=O) groups is 1. The summed E-state index contributed by atoms with van der Waals surface area (Å²) < 4.78 is 1.52. The van der Waals surface area contributed by atoms with E-state index in [1.54, 1.807) is 5.51 Å². The predicted octanol–water partition coefficient (Wildman–Crippen LogP) is 1.70. The second kappa shape index (κ2) is 10.5. The van der Waals surface area contributed by atoms with E-state index < -0.39 is 11.5 Å². The van der Waals surface area contributed by atoms with Gasteiger partial charge in [-0.2, -0.15) is 0 Å². The molecule has 1 fully saturated rings. The van der Waals surface area contributed by atoms with Crippen molar-refractivity contribution < 1.29 is 9.90 Å². The third-order valence-corrected chi connectivity index (χ3v) is 5.61. The van der Waals surface area contributed by atoms with Crippen LogP contribution in [-0.2, 0) is 0 Å². The Morgan fingerprint density at radius 2 is 2.04 bits per heavy atom. The Hall–Kier alpha value is -0.294. The number of hydrogen-bond donors (Lipinski definition) is 2. The number of fused-ring (bicyclic) bond motifs is 1. The Morgan fingerprint density at radius 3 is 2.70 bits per heavy atom. The van der Waals surface area contributed by atoms with Crippen molar-refractivity contribution in [3.63, 3.8) is 0 Å². The average molecular weight is 419 g/mol. The van der Waals surface area contributed by atoms with E-state index >= 15 is 0 Å². The van der Waals surface area contributed by atoms with E-state index in [1.165, 1.54) is 35.2 Å². The first-order valence-corrected chi connectivity index (χ1v) is 10.1. The number of amides is 1. The number of aromatic nitrogens is 2. The molecule has 1 saturated heterocycles. The van der Waals surface area contributed by atoms with Gasteiger partial charge in [-0.25, -0.2) is 4.98 Å². The van der Waals surface area contributed by atoms with Gasteiger partial charge in [0.05, 0.1) is 5.51 Å². The average Bonchev–Trinajstić information content (AvgIpc) is 3.09. The quantitative estimate of drug-likeness (QED) is 0.551. The summed E-state index contributed by atoms with van der Waals surface area (Å²) in [5.41, 5.74) is 1.20. The van der Waals surface area contributed by atoms with Gasteiger partial charge in [0, 0.05) is 12.6 Å². The van der Waals surface area contributed by atoms with Crippen molar-refractivity contribution in [3.05, 3.63) is 21.4 Å². The molecule has 0 atom stereocenters. The molecule has 27 heavy (non-hydrogen) atoms. The number of thiazole rings is 1. The van der Waals surface area contributed by atoms with E-state index in [0.717, 1.165) is 26.1 Å². The van der Waals surface area contributed by atoms with Crippen LogP contribution >= 0.6 is 11.3 Å². The number of piperidine rings is 1. The molecule has 9 heteroatoms. The molecule has 0 radical (unpaired) electrons. The van der Waals surface area contributed by atoms with Crippen molar-refractivity contribution >= 4 is 79.0 Å². The molecule has 1 aliphatic heterocycles. The van der Waals surface area contributed by atoms with E-state index in [-0.39, 0.29) is 68.7 Å². The van der Waals surface area contributed by atoms with Gasteiger partial charge in [0.1, 0.15) is 15.9 Å². The van der Waals surface area contributed by atoms with Crippen LogP contribution in [0.25, 0.3) is 10.3 Å². The summed E-state index contributed by atoms with van der Waals surface area (Å²) >= 11 is 1.28. The molecule has 2 N–H and O–H groups in total. The summed E-state index contributed by atoms with van der Waals surface area (Å²) in [6.07, 6.45) is 4.60. The molecule has 3 rings (SSSR count). The third-order valence-electron chi connectivity index (χ3n) is 4.79. The van der Waals surface area contributed by atoms with Crippen LogP contribution in [0.2, 0.25) is 0 Å². The summed E-state index contributed by atoms with van der Waals surface area (Å²) in [6, 6.07) is -0.128. The van der Waals surface area contributed by atoms with Gasteiger partial charge in [-0.05, 0) is 52.7 Å². The van der Waals surface area contributed by atoms with Crippen LogP contribution < -0.4 is 10.9 Å². The number of hydrogen-bond acceptors (Lipinski definition) is 6. The molecule has 3 heterocycles. The van der Waals surface area contributed by atoms with Gasteiger partial charge in [0.2, 0.25) is 0 Å². The van der Waals surface area contributed by atoms with Crippen LogP contribution in [-0.4, -0.2) is 103 Å². The SMILES string of the molecule is CC(C)n1c(=O)c(C(=O)NCCCN2CCCCC2)c(O)c2ncsc21.[KH]. The molecule has 0 unspecified atom stereocenters. The van der Waals surface area contributed by atoms with Gasteiger partial charge >= 0.3 is 51.4 Å². The number of nitrogens with zero attached hydrogens (tertiary/aromatic N) is 3. The van der Waals surface area contributed by atoms with E-state index in [9.17, 15) is 14.7 Å². The van der Waals surface area contributed by atoms with Crippen molar-refractivity contribution in [2.75, 3.05) is 26.2 Å². The summed E-state index contributed by atoms with van der Waals surface area (Å²) in [5.74, 6) is -0.855. The zero-order valence-electron chi connectivity index (χ0n) is 15.3. The molecular formula is C18H27KN4O3S. The number of nitrogens with one attached hydrogen (secondary N) is 1. The van der Waals surface area contributed by atoms with Gasteiger partial charge in [-0.1, -0.05) is 6.42 Å². The number of rotatable bonds is 6. The van der Waals surface area contributed by atoms with E-state index in [0.29, 0.717) is 16.9 Å². The molecule has 0 saturated carbocycles. The molecule has 7 nitrogen and oxygen atoms in total. The standard InChI is InChI=1S/C18H26N4O3S.K.H/c1-12(2)22-17(25)13(15(23)14-18(22)26-11-20-14)16(24)19-7-6-10-21-8-4-3-5-9-21;;/h11-12,23H,3-10H2,1-2H3,(H,19,24);;. The minimum absolute atomic E-state index is 0. The summed E-state index contributed by atoms with van der Waals surface area (Å²) in [5, 5.41) is 13.2. The first-order valence-electron chi connectivity index (χ1n) is 9.22.